The first-order chi connectivity index (χ1) is 12.1. The van der Waals surface area contributed by atoms with E-state index in [1.54, 1.807) is 7.11 Å². The fraction of sp³-hybridized carbons (Fsp3) is 0.737. The van der Waals surface area contributed by atoms with E-state index in [0.717, 1.165) is 42.3 Å². The van der Waals surface area contributed by atoms with Gasteiger partial charge in [0.25, 0.3) is 0 Å². The topological polar surface area (TPSA) is 58.6 Å². The molecule has 1 saturated carbocycles. The van der Waals surface area contributed by atoms with Gasteiger partial charge in [-0.2, -0.15) is 0 Å². The van der Waals surface area contributed by atoms with E-state index >= 15 is 0 Å². The standard InChI is InChI=1S/C19H30N4O2/c1-14-16-9-10-18(24)23(11-6-12-25-3)19(16)21-17(20-14)13-22(2)15-7-4-5-8-15/h15H,4-13H2,1-3H3. The highest BCUT2D eigenvalue weighted by atomic mass is 16.5. The smallest absolute Gasteiger partial charge is 0.228 e. The molecule has 6 nitrogen and oxygen atoms in total. The monoisotopic (exact) mass is 346 g/mol. The second-order valence-corrected chi connectivity index (χ2v) is 7.27. The molecular formula is C19H30N4O2. The molecule has 0 unspecified atom stereocenters. The molecule has 0 bridgehead atoms. The summed E-state index contributed by atoms with van der Waals surface area (Å²) in [6, 6.07) is 0.638. The number of amides is 1. The van der Waals surface area contributed by atoms with E-state index in [0.29, 0.717) is 25.6 Å². The molecule has 2 heterocycles. The fourth-order valence-corrected chi connectivity index (χ4v) is 4.00. The van der Waals surface area contributed by atoms with Gasteiger partial charge in [-0.25, -0.2) is 9.97 Å². The summed E-state index contributed by atoms with van der Waals surface area (Å²) in [4.78, 5) is 26.2. The Morgan fingerprint density at radius 3 is 2.72 bits per heavy atom. The van der Waals surface area contributed by atoms with Crippen LogP contribution in [0.15, 0.2) is 0 Å². The van der Waals surface area contributed by atoms with Crippen LogP contribution in [0.25, 0.3) is 0 Å². The molecule has 0 saturated heterocycles. The van der Waals surface area contributed by atoms with Crippen molar-refractivity contribution < 1.29 is 9.53 Å². The molecule has 1 fully saturated rings. The summed E-state index contributed by atoms with van der Waals surface area (Å²) in [5.41, 5.74) is 2.15. The highest BCUT2D eigenvalue weighted by Crippen LogP contribution is 2.29. The van der Waals surface area contributed by atoms with Crippen molar-refractivity contribution in [2.45, 2.75) is 64.5 Å². The number of aromatic nitrogens is 2. The Kier molecular flexibility index (Phi) is 6.02. The van der Waals surface area contributed by atoms with Crippen molar-refractivity contribution in [1.82, 2.24) is 14.9 Å². The highest BCUT2D eigenvalue weighted by Gasteiger charge is 2.28. The largest absolute Gasteiger partial charge is 0.385 e. The third kappa shape index (κ3) is 4.18. The van der Waals surface area contributed by atoms with Gasteiger partial charge in [-0.15, -0.1) is 0 Å². The van der Waals surface area contributed by atoms with Crippen LogP contribution in [0.4, 0.5) is 5.82 Å². The molecule has 25 heavy (non-hydrogen) atoms. The molecule has 1 aromatic heterocycles. The average molecular weight is 346 g/mol. The zero-order valence-electron chi connectivity index (χ0n) is 15.8. The fourth-order valence-electron chi connectivity index (χ4n) is 4.00. The maximum atomic E-state index is 12.4. The number of anilines is 1. The number of hydrogen-bond donors (Lipinski definition) is 0. The lowest BCUT2D eigenvalue weighted by atomic mass is 10.0. The van der Waals surface area contributed by atoms with Gasteiger partial charge in [-0.3, -0.25) is 14.6 Å². The van der Waals surface area contributed by atoms with Crippen molar-refractivity contribution in [3.05, 3.63) is 17.1 Å². The van der Waals surface area contributed by atoms with Gasteiger partial charge in [0.05, 0.1) is 6.54 Å². The van der Waals surface area contributed by atoms with Gasteiger partial charge in [0.1, 0.15) is 11.6 Å². The summed E-state index contributed by atoms with van der Waals surface area (Å²) in [5, 5.41) is 0. The minimum Gasteiger partial charge on any atom is -0.385 e. The summed E-state index contributed by atoms with van der Waals surface area (Å²) >= 11 is 0. The molecule has 1 aliphatic heterocycles. The Bertz CT molecular complexity index is 614. The van der Waals surface area contributed by atoms with E-state index < -0.39 is 0 Å². The van der Waals surface area contributed by atoms with Crippen LogP contribution in [0, 0.1) is 6.92 Å². The quantitative estimate of drug-likeness (QED) is 0.710. The van der Waals surface area contributed by atoms with Crippen LogP contribution in [0.1, 0.15) is 55.6 Å². The van der Waals surface area contributed by atoms with Crippen LogP contribution in [0.2, 0.25) is 0 Å². The lowest BCUT2D eigenvalue weighted by molar-refractivity contribution is -0.119. The first kappa shape index (κ1) is 18.3. The van der Waals surface area contributed by atoms with E-state index in [1.165, 1.54) is 25.7 Å². The maximum Gasteiger partial charge on any atom is 0.228 e. The van der Waals surface area contributed by atoms with Gasteiger partial charge in [0.2, 0.25) is 5.91 Å². The molecule has 0 spiro atoms. The van der Waals surface area contributed by atoms with Crippen LogP contribution >= 0.6 is 0 Å². The summed E-state index contributed by atoms with van der Waals surface area (Å²) in [5.74, 6) is 1.82. The van der Waals surface area contributed by atoms with Crippen molar-refractivity contribution in [3.8, 4) is 0 Å². The molecule has 1 aromatic rings. The number of rotatable bonds is 7. The first-order valence-electron chi connectivity index (χ1n) is 9.46. The number of fused-ring (bicyclic) bond motifs is 1. The van der Waals surface area contributed by atoms with Gasteiger partial charge in [0, 0.05) is 44.0 Å². The van der Waals surface area contributed by atoms with Crippen LogP contribution in [0.3, 0.4) is 0 Å². The van der Waals surface area contributed by atoms with E-state index in [1.807, 2.05) is 11.8 Å². The second-order valence-electron chi connectivity index (χ2n) is 7.27. The molecule has 0 aromatic carbocycles. The van der Waals surface area contributed by atoms with Crippen molar-refractivity contribution in [1.29, 1.82) is 0 Å². The predicted molar refractivity (Wildman–Crippen MR) is 97.7 cm³/mol. The van der Waals surface area contributed by atoms with Crippen molar-refractivity contribution in [2.75, 3.05) is 32.2 Å². The van der Waals surface area contributed by atoms with Gasteiger partial charge in [-0.1, -0.05) is 12.8 Å². The lowest BCUT2D eigenvalue weighted by Crippen LogP contribution is -2.38. The summed E-state index contributed by atoms with van der Waals surface area (Å²) in [6.45, 7) is 4.11. The number of hydrogen-bond acceptors (Lipinski definition) is 5. The molecule has 0 atom stereocenters. The van der Waals surface area contributed by atoms with Crippen LogP contribution < -0.4 is 4.90 Å². The number of methoxy groups -OCH3 is 1. The van der Waals surface area contributed by atoms with Crippen LogP contribution in [-0.4, -0.2) is 54.1 Å². The lowest BCUT2D eigenvalue weighted by Gasteiger charge is -2.30. The minimum atomic E-state index is 0.164. The normalized spacial score (nSPS) is 18.2. The molecule has 1 amide bonds. The number of ether oxygens (including phenoxy) is 1. The zero-order valence-corrected chi connectivity index (χ0v) is 15.8. The SMILES string of the molecule is COCCCN1C(=O)CCc2c(C)nc(CN(C)C3CCCC3)nc21. The van der Waals surface area contributed by atoms with Gasteiger partial charge >= 0.3 is 0 Å². The van der Waals surface area contributed by atoms with Crippen molar-refractivity contribution in [3.63, 3.8) is 0 Å². The van der Waals surface area contributed by atoms with Crippen molar-refractivity contribution in [2.24, 2.45) is 0 Å². The number of nitrogens with zero attached hydrogens (tertiary/aromatic N) is 4. The number of carbonyl (C=O) groups is 1. The van der Waals surface area contributed by atoms with Gasteiger partial charge in [0.15, 0.2) is 0 Å². The minimum absolute atomic E-state index is 0.164. The van der Waals surface area contributed by atoms with E-state index in [-0.39, 0.29) is 5.91 Å². The van der Waals surface area contributed by atoms with Crippen LogP contribution in [-0.2, 0) is 22.5 Å². The molecule has 3 rings (SSSR count). The molecule has 138 valence electrons. The summed E-state index contributed by atoms with van der Waals surface area (Å²) < 4.78 is 5.14. The Labute approximate surface area is 150 Å². The Hall–Kier alpha value is -1.53. The van der Waals surface area contributed by atoms with E-state index in [9.17, 15) is 4.79 Å². The first-order valence-corrected chi connectivity index (χ1v) is 9.46. The molecule has 6 heteroatoms. The van der Waals surface area contributed by atoms with E-state index in [4.69, 9.17) is 14.7 Å². The van der Waals surface area contributed by atoms with Crippen molar-refractivity contribution >= 4 is 11.7 Å². The molecule has 0 radical (unpaired) electrons. The number of aryl methyl sites for hydroxylation is 1. The average Bonchev–Trinajstić information content (AvgIpc) is 3.11. The summed E-state index contributed by atoms with van der Waals surface area (Å²) in [6.07, 6.45) is 7.29. The van der Waals surface area contributed by atoms with Gasteiger partial charge in [-0.05, 0) is 39.7 Å². The van der Waals surface area contributed by atoms with E-state index in [2.05, 4.69) is 11.9 Å². The highest BCUT2D eigenvalue weighted by molar-refractivity contribution is 5.95. The van der Waals surface area contributed by atoms with Crippen LogP contribution in [0.5, 0.6) is 0 Å². The Morgan fingerprint density at radius 2 is 2.00 bits per heavy atom. The molecule has 2 aliphatic rings. The third-order valence-corrected chi connectivity index (χ3v) is 5.45. The zero-order chi connectivity index (χ0) is 17.8. The predicted octanol–water partition coefficient (Wildman–Crippen LogP) is 2.48. The Balaban J connectivity index is 1.80. The maximum absolute atomic E-state index is 12.4. The molecule has 1 aliphatic carbocycles. The third-order valence-electron chi connectivity index (χ3n) is 5.45. The number of carbonyl (C=O) groups excluding carboxylic acids is 1. The Morgan fingerprint density at radius 1 is 1.24 bits per heavy atom. The van der Waals surface area contributed by atoms with Gasteiger partial charge < -0.3 is 4.74 Å². The summed E-state index contributed by atoms with van der Waals surface area (Å²) in [7, 11) is 3.85. The second kappa shape index (κ2) is 8.23. The molecule has 0 N–H and O–H groups in total. The molecular weight excluding hydrogens is 316 g/mol.